The van der Waals surface area contributed by atoms with Crippen LogP contribution in [0.1, 0.15) is 19.3 Å². The smallest absolute Gasteiger partial charge is 0.318 e. The van der Waals surface area contributed by atoms with Crippen molar-refractivity contribution in [1.29, 1.82) is 0 Å². The molecule has 3 aliphatic rings. The van der Waals surface area contributed by atoms with Crippen LogP contribution >= 0.6 is 0 Å². The van der Waals surface area contributed by atoms with Gasteiger partial charge < -0.3 is 34.1 Å². The second-order valence-corrected chi connectivity index (χ2v) is 8.94. The first-order valence-electron chi connectivity index (χ1n) is 12.3. The minimum Gasteiger partial charge on any atom is -0.493 e. The van der Waals surface area contributed by atoms with Gasteiger partial charge in [0.15, 0.2) is 17.3 Å². The molecule has 1 fully saturated rings. The van der Waals surface area contributed by atoms with Crippen molar-refractivity contribution in [3.63, 3.8) is 0 Å². The van der Waals surface area contributed by atoms with Crippen LogP contribution in [0.5, 0.6) is 11.5 Å². The van der Waals surface area contributed by atoms with E-state index >= 15 is 0 Å². The Balaban J connectivity index is 1.26. The van der Waals surface area contributed by atoms with Crippen molar-refractivity contribution >= 4 is 22.8 Å². The largest absolute Gasteiger partial charge is 0.493 e. The zero-order chi connectivity index (χ0) is 25.6. The van der Waals surface area contributed by atoms with Crippen LogP contribution in [0.15, 0.2) is 66.8 Å². The quantitative estimate of drug-likeness (QED) is 0.606. The lowest BCUT2D eigenvalue weighted by Gasteiger charge is -2.36. The molecule has 5 rings (SSSR count). The summed E-state index contributed by atoms with van der Waals surface area (Å²) in [5, 5.41) is 4.03. The van der Waals surface area contributed by atoms with Crippen LogP contribution in [0.4, 0.5) is 10.6 Å². The molecule has 1 aromatic carbocycles. The van der Waals surface area contributed by atoms with Crippen LogP contribution in [0.25, 0.3) is 10.9 Å². The van der Waals surface area contributed by atoms with E-state index in [-0.39, 0.29) is 12.1 Å². The molecule has 3 heterocycles. The number of carbonyl (C=O) groups excluding carboxylic acids is 1. The number of methoxy groups -OCH3 is 2. The van der Waals surface area contributed by atoms with Crippen molar-refractivity contribution in [3.8, 4) is 11.5 Å². The molecule has 1 saturated heterocycles. The molecule has 10 nitrogen and oxygen atoms in total. The van der Waals surface area contributed by atoms with Gasteiger partial charge in [0.1, 0.15) is 30.9 Å². The lowest BCUT2D eigenvalue weighted by molar-refractivity contribution is 0.181. The number of ether oxygens (including phenoxy) is 4. The van der Waals surface area contributed by atoms with E-state index in [0.717, 1.165) is 29.6 Å². The molecule has 2 aromatic rings. The van der Waals surface area contributed by atoms with Crippen LogP contribution in [-0.2, 0) is 9.47 Å². The Morgan fingerprint density at radius 2 is 1.92 bits per heavy atom. The van der Waals surface area contributed by atoms with Gasteiger partial charge in [-0.2, -0.15) is 0 Å². The van der Waals surface area contributed by atoms with Gasteiger partial charge in [0, 0.05) is 37.6 Å². The highest BCUT2D eigenvalue weighted by molar-refractivity contribution is 5.92. The maximum atomic E-state index is 13.3. The van der Waals surface area contributed by atoms with Gasteiger partial charge in [-0.05, 0) is 25.3 Å². The van der Waals surface area contributed by atoms with Crippen LogP contribution in [0.2, 0.25) is 0 Å². The fourth-order valence-corrected chi connectivity index (χ4v) is 4.73. The van der Waals surface area contributed by atoms with E-state index in [1.165, 1.54) is 18.1 Å². The van der Waals surface area contributed by atoms with Crippen molar-refractivity contribution in [2.45, 2.75) is 25.3 Å². The molecule has 1 aromatic heterocycles. The van der Waals surface area contributed by atoms with Crippen molar-refractivity contribution < 1.29 is 23.7 Å². The van der Waals surface area contributed by atoms with Crippen LogP contribution in [0.3, 0.4) is 0 Å². The number of piperazine rings is 1. The van der Waals surface area contributed by atoms with Gasteiger partial charge in [-0.15, -0.1) is 0 Å². The summed E-state index contributed by atoms with van der Waals surface area (Å²) in [5.74, 6) is 2.64. The number of amides is 2. The third kappa shape index (κ3) is 5.47. The predicted molar refractivity (Wildman–Crippen MR) is 139 cm³/mol. The van der Waals surface area contributed by atoms with E-state index in [0.29, 0.717) is 49.9 Å². The molecule has 1 aliphatic carbocycles. The minimum absolute atomic E-state index is 0.130. The second kappa shape index (κ2) is 11.2. The van der Waals surface area contributed by atoms with Gasteiger partial charge in [0.25, 0.3) is 0 Å². The predicted octanol–water partition coefficient (Wildman–Crippen LogP) is 3.87. The van der Waals surface area contributed by atoms with E-state index in [1.54, 1.807) is 26.8 Å². The second-order valence-electron chi connectivity index (χ2n) is 8.94. The minimum atomic E-state index is -0.318. The summed E-state index contributed by atoms with van der Waals surface area (Å²) in [4.78, 5) is 26.2. The van der Waals surface area contributed by atoms with E-state index in [4.69, 9.17) is 18.9 Å². The standard InChI is InChI=1S/C27H31N5O5/c1-34-23-15-20-21(16-24(23)35-2)28-18-29-26(20)31-8-10-32(11-9-31)27(33)30-22(25-17-36-12-13-37-25)14-19-6-4-3-5-7-19/h3-4,6,12-13,15-18,22H,5,7-11,14H2,1-2H3,(H,30,33). The Morgan fingerprint density at radius 3 is 2.62 bits per heavy atom. The van der Waals surface area contributed by atoms with Gasteiger partial charge in [0.2, 0.25) is 0 Å². The summed E-state index contributed by atoms with van der Waals surface area (Å²) in [5.41, 5.74) is 2.04. The summed E-state index contributed by atoms with van der Waals surface area (Å²) >= 11 is 0. The highest BCUT2D eigenvalue weighted by atomic mass is 16.5. The number of hydrogen-bond acceptors (Lipinski definition) is 8. The molecule has 37 heavy (non-hydrogen) atoms. The van der Waals surface area contributed by atoms with Crippen molar-refractivity contribution in [3.05, 3.63) is 66.8 Å². The number of anilines is 1. The molecule has 194 valence electrons. The highest BCUT2D eigenvalue weighted by Gasteiger charge is 2.28. The lowest BCUT2D eigenvalue weighted by atomic mass is 9.97. The number of fused-ring (bicyclic) bond motifs is 1. The monoisotopic (exact) mass is 505 g/mol. The van der Waals surface area contributed by atoms with E-state index in [2.05, 4.69) is 38.4 Å². The molecule has 1 unspecified atom stereocenters. The molecular formula is C27H31N5O5. The number of allylic oxidation sites excluding steroid dienone is 3. The Labute approximate surface area is 215 Å². The number of hydrogen-bond donors (Lipinski definition) is 1. The summed E-state index contributed by atoms with van der Waals surface area (Å²) in [6.07, 6.45) is 15.0. The summed E-state index contributed by atoms with van der Waals surface area (Å²) in [6.45, 7) is 2.39. The van der Waals surface area contributed by atoms with Crippen molar-refractivity contribution in [2.75, 3.05) is 45.3 Å². The third-order valence-electron chi connectivity index (χ3n) is 6.72. The summed E-state index contributed by atoms with van der Waals surface area (Å²) < 4.78 is 21.9. The molecule has 0 saturated carbocycles. The fraction of sp³-hybridized carbons (Fsp3) is 0.370. The van der Waals surface area contributed by atoms with Crippen LogP contribution < -0.4 is 19.7 Å². The molecular weight excluding hydrogens is 474 g/mol. The molecule has 2 amide bonds. The van der Waals surface area contributed by atoms with Crippen molar-refractivity contribution in [2.24, 2.45) is 0 Å². The highest BCUT2D eigenvalue weighted by Crippen LogP contribution is 2.35. The number of urea groups is 1. The Bertz CT molecular complexity index is 1260. The number of aromatic nitrogens is 2. The molecule has 1 atom stereocenters. The van der Waals surface area contributed by atoms with Gasteiger partial charge >= 0.3 is 6.03 Å². The summed E-state index contributed by atoms with van der Waals surface area (Å²) in [7, 11) is 3.21. The van der Waals surface area contributed by atoms with E-state index < -0.39 is 0 Å². The number of nitrogens with one attached hydrogen (secondary N) is 1. The Hall–Kier alpha value is -4.21. The third-order valence-corrected chi connectivity index (χ3v) is 6.72. The molecule has 0 spiro atoms. The van der Waals surface area contributed by atoms with Gasteiger partial charge in [0.05, 0.1) is 25.8 Å². The Kier molecular flexibility index (Phi) is 7.43. The fourth-order valence-electron chi connectivity index (χ4n) is 4.73. The molecule has 10 heteroatoms. The maximum Gasteiger partial charge on any atom is 0.318 e. The number of benzene rings is 1. The zero-order valence-electron chi connectivity index (χ0n) is 21.1. The first-order chi connectivity index (χ1) is 18.2. The van der Waals surface area contributed by atoms with Crippen LogP contribution in [0, 0.1) is 0 Å². The Morgan fingerprint density at radius 1 is 1.11 bits per heavy atom. The average molecular weight is 506 g/mol. The number of carbonyl (C=O) groups is 1. The average Bonchev–Trinajstić information content (AvgIpc) is 2.96. The van der Waals surface area contributed by atoms with E-state index in [1.807, 2.05) is 17.0 Å². The molecule has 2 aliphatic heterocycles. The first-order valence-corrected chi connectivity index (χ1v) is 12.3. The molecule has 1 N–H and O–H groups in total. The SMILES string of the molecule is COc1cc2ncnc(N3CCN(C(=O)NC(CC4=CC=CCC4)C4=COC=CO4)CC3)c2cc1OC. The topological polar surface area (TPSA) is 98.3 Å². The van der Waals surface area contributed by atoms with Gasteiger partial charge in [-0.3, -0.25) is 0 Å². The molecule has 0 bridgehead atoms. The van der Waals surface area contributed by atoms with E-state index in [9.17, 15) is 4.79 Å². The maximum absolute atomic E-state index is 13.3. The van der Waals surface area contributed by atoms with Crippen LogP contribution in [-0.4, -0.2) is 67.3 Å². The number of rotatable bonds is 7. The van der Waals surface area contributed by atoms with Gasteiger partial charge in [-0.25, -0.2) is 14.8 Å². The van der Waals surface area contributed by atoms with Gasteiger partial charge in [-0.1, -0.05) is 23.8 Å². The number of nitrogens with zero attached hydrogens (tertiary/aromatic N) is 4. The summed E-state index contributed by atoms with van der Waals surface area (Å²) in [6, 6.07) is 3.30. The van der Waals surface area contributed by atoms with Crippen molar-refractivity contribution in [1.82, 2.24) is 20.2 Å². The zero-order valence-corrected chi connectivity index (χ0v) is 21.1. The first kappa shape index (κ1) is 24.5. The molecule has 0 radical (unpaired) electrons. The normalized spacial score (nSPS) is 17.9. The lowest BCUT2D eigenvalue weighted by Crippen LogP contribution is -2.54.